The molecule has 1 atom stereocenters. The van der Waals surface area contributed by atoms with Crippen molar-refractivity contribution in [3.8, 4) is 0 Å². The second-order valence-corrected chi connectivity index (χ2v) is 5.56. The average Bonchev–Trinajstić information content (AvgIpc) is 2.37. The number of aliphatic carboxylic acids is 1. The maximum absolute atomic E-state index is 11.8. The fraction of sp³-hybridized carbons (Fsp3) is 0.467. The van der Waals surface area contributed by atoms with Crippen molar-refractivity contribution < 1.29 is 14.7 Å². The third-order valence-corrected chi connectivity index (χ3v) is 2.95. The second kappa shape index (κ2) is 7.52. The van der Waals surface area contributed by atoms with Crippen LogP contribution >= 0.6 is 0 Å². The number of rotatable bonds is 6. The van der Waals surface area contributed by atoms with E-state index in [0.29, 0.717) is 12.1 Å². The molecular weight excluding hydrogens is 270 g/mol. The molecule has 0 saturated carbocycles. The number of urea groups is 1. The van der Waals surface area contributed by atoms with Crippen LogP contribution in [-0.4, -0.2) is 37.2 Å². The van der Waals surface area contributed by atoms with Crippen molar-refractivity contribution in [3.05, 3.63) is 24.3 Å². The van der Waals surface area contributed by atoms with Gasteiger partial charge < -0.3 is 20.6 Å². The van der Waals surface area contributed by atoms with Crippen molar-refractivity contribution in [2.75, 3.05) is 24.3 Å². The Morgan fingerprint density at radius 3 is 2.19 bits per heavy atom. The van der Waals surface area contributed by atoms with Gasteiger partial charge in [-0.2, -0.15) is 0 Å². The minimum atomic E-state index is -1.03. The van der Waals surface area contributed by atoms with Gasteiger partial charge in [-0.25, -0.2) is 9.59 Å². The summed E-state index contributed by atoms with van der Waals surface area (Å²) in [6.07, 6.45) is 0.391. The van der Waals surface area contributed by atoms with Gasteiger partial charge in [-0.3, -0.25) is 0 Å². The summed E-state index contributed by atoms with van der Waals surface area (Å²) in [6, 6.07) is 5.89. The number of carbonyl (C=O) groups is 2. The maximum atomic E-state index is 11.8. The number of hydrogen-bond acceptors (Lipinski definition) is 3. The van der Waals surface area contributed by atoms with Crippen LogP contribution in [0.5, 0.6) is 0 Å². The Balaban J connectivity index is 2.61. The Morgan fingerprint density at radius 2 is 1.76 bits per heavy atom. The molecule has 21 heavy (non-hydrogen) atoms. The van der Waals surface area contributed by atoms with E-state index >= 15 is 0 Å². The van der Waals surface area contributed by atoms with E-state index in [1.165, 1.54) is 0 Å². The lowest BCUT2D eigenvalue weighted by molar-refractivity contribution is -0.139. The van der Waals surface area contributed by atoms with Gasteiger partial charge in [-0.05, 0) is 36.6 Å². The molecule has 0 aliphatic carbocycles. The molecule has 1 aromatic carbocycles. The van der Waals surface area contributed by atoms with Gasteiger partial charge in [0.15, 0.2) is 0 Å². The van der Waals surface area contributed by atoms with E-state index in [-0.39, 0.29) is 5.92 Å². The molecule has 0 saturated heterocycles. The number of carboxylic acids is 1. The third-order valence-electron chi connectivity index (χ3n) is 2.95. The zero-order valence-electron chi connectivity index (χ0n) is 12.9. The molecule has 116 valence electrons. The van der Waals surface area contributed by atoms with E-state index < -0.39 is 18.0 Å². The number of nitrogens with one attached hydrogen (secondary N) is 2. The van der Waals surface area contributed by atoms with Crippen LogP contribution in [0.1, 0.15) is 20.3 Å². The van der Waals surface area contributed by atoms with E-state index in [0.717, 1.165) is 5.69 Å². The highest BCUT2D eigenvalue weighted by Crippen LogP contribution is 2.15. The molecule has 1 rings (SSSR count). The quantitative estimate of drug-likeness (QED) is 0.752. The number of amides is 2. The van der Waals surface area contributed by atoms with Crippen molar-refractivity contribution in [2.45, 2.75) is 26.3 Å². The van der Waals surface area contributed by atoms with Crippen molar-refractivity contribution >= 4 is 23.4 Å². The summed E-state index contributed by atoms with van der Waals surface area (Å²) in [5.41, 5.74) is 1.64. The van der Waals surface area contributed by atoms with E-state index in [2.05, 4.69) is 10.6 Å². The molecule has 0 spiro atoms. The van der Waals surface area contributed by atoms with Crippen LogP contribution in [0, 0.1) is 5.92 Å². The topological polar surface area (TPSA) is 81.7 Å². The SMILES string of the molecule is CC(C)C[C@@H](NC(=O)Nc1ccc(N(C)C)cc1)C(=O)O. The van der Waals surface area contributed by atoms with Crippen molar-refractivity contribution in [1.82, 2.24) is 5.32 Å². The number of anilines is 2. The zero-order valence-corrected chi connectivity index (χ0v) is 12.9. The Bertz CT molecular complexity index is 483. The smallest absolute Gasteiger partial charge is 0.326 e. The van der Waals surface area contributed by atoms with Gasteiger partial charge in [0.25, 0.3) is 0 Å². The molecule has 0 fully saturated rings. The van der Waals surface area contributed by atoms with Crippen molar-refractivity contribution in [2.24, 2.45) is 5.92 Å². The number of hydrogen-bond donors (Lipinski definition) is 3. The first-order valence-electron chi connectivity index (χ1n) is 6.87. The van der Waals surface area contributed by atoms with Crippen LogP contribution < -0.4 is 15.5 Å². The Hall–Kier alpha value is -2.24. The summed E-state index contributed by atoms with van der Waals surface area (Å²) in [6.45, 7) is 3.82. The summed E-state index contributed by atoms with van der Waals surface area (Å²) >= 11 is 0. The predicted octanol–water partition coefficient (Wildman–Crippen LogP) is 2.37. The van der Waals surface area contributed by atoms with E-state index in [9.17, 15) is 9.59 Å². The van der Waals surface area contributed by atoms with Gasteiger partial charge in [0.05, 0.1) is 0 Å². The number of nitrogens with zero attached hydrogens (tertiary/aromatic N) is 1. The van der Waals surface area contributed by atoms with Crippen LogP contribution in [0.15, 0.2) is 24.3 Å². The Morgan fingerprint density at radius 1 is 1.19 bits per heavy atom. The molecule has 0 radical (unpaired) electrons. The molecule has 0 aliphatic rings. The standard InChI is InChI=1S/C15H23N3O3/c1-10(2)9-13(14(19)20)17-15(21)16-11-5-7-12(8-6-11)18(3)4/h5-8,10,13H,9H2,1-4H3,(H,19,20)(H2,16,17,21)/t13-/m1/s1. The predicted molar refractivity (Wildman–Crippen MR) is 83.8 cm³/mol. The summed E-state index contributed by atoms with van der Waals surface area (Å²) in [5, 5.41) is 14.2. The van der Waals surface area contributed by atoms with E-state index in [4.69, 9.17) is 5.11 Å². The second-order valence-electron chi connectivity index (χ2n) is 5.56. The number of benzene rings is 1. The van der Waals surface area contributed by atoms with Gasteiger partial charge in [0, 0.05) is 25.5 Å². The summed E-state index contributed by atoms with van der Waals surface area (Å²) < 4.78 is 0. The third kappa shape index (κ3) is 5.72. The summed E-state index contributed by atoms with van der Waals surface area (Å²) in [5.74, 6) is -0.840. The molecule has 6 nitrogen and oxygen atoms in total. The molecule has 0 unspecified atom stereocenters. The highest BCUT2D eigenvalue weighted by molar-refractivity contribution is 5.92. The molecule has 6 heteroatoms. The van der Waals surface area contributed by atoms with Crippen LogP contribution in [0.25, 0.3) is 0 Å². The van der Waals surface area contributed by atoms with Crippen LogP contribution in [0.2, 0.25) is 0 Å². The van der Waals surface area contributed by atoms with Gasteiger partial charge in [-0.1, -0.05) is 13.8 Å². The van der Waals surface area contributed by atoms with Gasteiger partial charge >= 0.3 is 12.0 Å². The lowest BCUT2D eigenvalue weighted by Crippen LogP contribution is -2.43. The first-order valence-corrected chi connectivity index (χ1v) is 6.87. The van der Waals surface area contributed by atoms with Gasteiger partial charge in [0.1, 0.15) is 6.04 Å². The Labute approximate surface area is 125 Å². The van der Waals surface area contributed by atoms with Crippen LogP contribution in [-0.2, 0) is 4.79 Å². The van der Waals surface area contributed by atoms with Crippen LogP contribution in [0.4, 0.5) is 16.2 Å². The maximum Gasteiger partial charge on any atom is 0.326 e. The van der Waals surface area contributed by atoms with Crippen molar-refractivity contribution in [3.63, 3.8) is 0 Å². The average molecular weight is 293 g/mol. The lowest BCUT2D eigenvalue weighted by atomic mass is 10.0. The van der Waals surface area contributed by atoms with Crippen LogP contribution in [0.3, 0.4) is 0 Å². The van der Waals surface area contributed by atoms with E-state index in [1.54, 1.807) is 12.1 Å². The van der Waals surface area contributed by atoms with Gasteiger partial charge in [0.2, 0.25) is 0 Å². The minimum absolute atomic E-state index is 0.186. The highest BCUT2D eigenvalue weighted by atomic mass is 16.4. The molecule has 3 N–H and O–H groups in total. The van der Waals surface area contributed by atoms with Gasteiger partial charge in [-0.15, -0.1) is 0 Å². The largest absolute Gasteiger partial charge is 0.480 e. The molecule has 0 aromatic heterocycles. The lowest BCUT2D eigenvalue weighted by Gasteiger charge is -2.17. The highest BCUT2D eigenvalue weighted by Gasteiger charge is 2.20. The molecule has 0 heterocycles. The first-order chi connectivity index (χ1) is 9.79. The normalized spacial score (nSPS) is 11.9. The molecule has 0 bridgehead atoms. The summed E-state index contributed by atoms with van der Waals surface area (Å²) in [7, 11) is 3.86. The number of carboxylic acid groups (broad SMARTS) is 1. The summed E-state index contributed by atoms with van der Waals surface area (Å²) in [4.78, 5) is 24.9. The zero-order chi connectivity index (χ0) is 16.0. The number of carbonyl (C=O) groups excluding carboxylic acids is 1. The molecule has 1 aromatic rings. The first kappa shape index (κ1) is 16.8. The molecular formula is C15H23N3O3. The molecule has 2 amide bonds. The molecule has 0 aliphatic heterocycles. The monoisotopic (exact) mass is 293 g/mol. The van der Waals surface area contributed by atoms with E-state index in [1.807, 2.05) is 45.0 Å². The Kier molecular flexibility index (Phi) is 6.02. The van der Waals surface area contributed by atoms with Crippen molar-refractivity contribution in [1.29, 1.82) is 0 Å². The fourth-order valence-electron chi connectivity index (χ4n) is 1.86. The minimum Gasteiger partial charge on any atom is -0.480 e. The fourth-order valence-corrected chi connectivity index (χ4v) is 1.86.